The molecule has 1 heterocycles. The Morgan fingerprint density at radius 3 is 2.67 bits per heavy atom. The molecule has 2 amide bonds. The fourth-order valence-electron chi connectivity index (χ4n) is 2.40. The van der Waals surface area contributed by atoms with Gasteiger partial charge in [0.15, 0.2) is 11.6 Å². The highest BCUT2D eigenvalue weighted by Crippen LogP contribution is 2.17. The van der Waals surface area contributed by atoms with Gasteiger partial charge in [-0.3, -0.25) is 0 Å². The van der Waals surface area contributed by atoms with Crippen molar-refractivity contribution in [2.24, 2.45) is 0 Å². The molecular weight excluding hydrogens is 278 g/mol. The topological polar surface area (TPSA) is 50.4 Å². The van der Waals surface area contributed by atoms with Crippen molar-refractivity contribution in [1.82, 2.24) is 10.6 Å². The Labute approximate surface area is 122 Å². The molecule has 4 nitrogen and oxygen atoms in total. The molecule has 0 aromatic heterocycles. The molecule has 0 bridgehead atoms. The van der Waals surface area contributed by atoms with Crippen LogP contribution in [0, 0.1) is 11.6 Å². The van der Waals surface area contributed by atoms with E-state index in [9.17, 15) is 13.6 Å². The number of hydrogen-bond acceptors (Lipinski definition) is 2. The van der Waals surface area contributed by atoms with Gasteiger partial charge >= 0.3 is 6.03 Å². The molecule has 1 aliphatic rings. The van der Waals surface area contributed by atoms with Gasteiger partial charge in [-0.2, -0.15) is 0 Å². The molecule has 1 aromatic carbocycles. The second-order valence-corrected chi connectivity index (χ2v) is 5.35. The highest BCUT2D eigenvalue weighted by Gasteiger charge is 2.24. The third kappa shape index (κ3) is 4.14. The van der Waals surface area contributed by atoms with Gasteiger partial charge in [-0.1, -0.05) is 6.07 Å². The minimum atomic E-state index is -0.922. The number of benzene rings is 1. The Kier molecular flexibility index (Phi) is 5.12. The first kappa shape index (κ1) is 15.7. The Morgan fingerprint density at radius 1 is 1.29 bits per heavy atom. The van der Waals surface area contributed by atoms with Crippen LogP contribution < -0.4 is 10.6 Å². The molecule has 3 atom stereocenters. The molecule has 0 radical (unpaired) electrons. The number of urea groups is 1. The summed E-state index contributed by atoms with van der Waals surface area (Å²) >= 11 is 0. The number of hydrogen-bond donors (Lipinski definition) is 2. The van der Waals surface area contributed by atoms with Crippen molar-refractivity contribution in [2.75, 3.05) is 6.61 Å². The molecule has 1 aromatic rings. The van der Waals surface area contributed by atoms with Crippen LogP contribution in [0.5, 0.6) is 0 Å². The van der Waals surface area contributed by atoms with E-state index in [0.29, 0.717) is 5.56 Å². The van der Waals surface area contributed by atoms with Gasteiger partial charge in [0, 0.05) is 6.61 Å². The van der Waals surface area contributed by atoms with Gasteiger partial charge in [-0.15, -0.1) is 0 Å². The fraction of sp³-hybridized carbons (Fsp3) is 0.533. The largest absolute Gasteiger partial charge is 0.376 e. The molecule has 21 heavy (non-hydrogen) atoms. The molecule has 2 rings (SSSR count). The molecule has 116 valence electrons. The van der Waals surface area contributed by atoms with Crippen LogP contribution in [0.25, 0.3) is 0 Å². The summed E-state index contributed by atoms with van der Waals surface area (Å²) in [5.41, 5.74) is 0.508. The number of rotatable bonds is 4. The number of nitrogens with one attached hydrogen (secondary N) is 2. The maximum atomic E-state index is 13.2. The van der Waals surface area contributed by atoms with E-state index in [1.165, 1.54) is 6.07 Å². The predicted octanol–water partition coefficient (Wildman–Crippen LogP) is 2.89. The molecule has 2 N–H and O–H groups in total. The number of halogens is 2. The Morgan fingerprint density at radius 2 is 2.05 bits per heavy atom. The lowest BCUT2D eigenvalue weighted by Crippen LogP contribution is -2.46. The van der Waals surface area contributed by atoms with Crippen LogP contribution in [-0.2, 0) is 4.74 Å². The van der Waals surface area contributed by atoms with E-state index in [0.717, 1.165) is 31.6 Å². The first-order chi connectivity index (χ1) is 9.97. The van der Waals surface area contributed by atoms with Crippen LogP contribution >= 0.6 is 0 Å². The predicted molar refractivity (Wildman–Crippen MR) is 74.9 cm³/mol. The zero-order valence-corrected chi connectivity index (χ0v) is 12.2. The van der Waals surface area contributed by atoms with Gasteiger partial charge in [0.1, 0.15) is 0 Å². The van der Waals surface area contributed by atoms with Crippen molar-refractivity contribution in [3.63, 3.8) is 0 Å². The first-order valence-electron chi connectivity index (χ1n) is 7.11. The van der Waals surface area contributed by atoms with Crippen molar-refractivity contribution in [2.45, 2.75) is 44.9 Å². The maximum Gasteiger partial charge on any atom is 0.315 e. The van der Waals surface area contributed by atoms with Crippen molar-refractivity contribution in [1.29, 1.82) is 0 Å². The molecular formula is C15H20F2N2O2. The smallest absolute Gasteiger partial charge is 0.315 e. The summed E-state index contributed by atoms with van der Waals surface area (Å²) in [7, 11) is 0. The van der Waals surface area contributed by atoms with Crippen molar-refractivity contribution in [3.05, 3.63) is 35.4 Å². The molecule has 1 saturated heterocycles. The van der Waals surface area contributed by atoms with E-state index in [1.807, 2.05) is 6.92 Å². The standard InChI is InChI=1S/C15H20F2N2O2/c1-9(11-5-6-12(16)13(17)8-11)18-15(20)19-10(2)14-4-3-7-21-14/h5-6,8-10,14H,3-4,7H2,1-2H3,(H2,18,19,20)/t9-,10-,14-/m0/s1. The lowest BCUT2D eigenvalue weighted by Gasteiger charge is -2.22. The van der Waals surface area contributed by atoms with Crippen LogP contribution in [0.1, 0.15) is 38.3 Å². The van der Waals surface area contributed by atoms with Crippen LogP contribution in [0.15, 0.2) is 18.2 Å². The summed E-state index contributed by atoms with van der Waals surface area (Å²) in [5, 5.41) is 5.51. The van der Waals surface area contributed by atoms with Gasteiger partial charge < -0.3 is 15.4 Å². The van der Waals surface area contributed by atoms with Gasteiger partial charge in [-0.25, -0.2) is 13.6 Å². The van der Waals surface area contributed by atoms with E-state index in [4.69, 9.17) is 4.74 Å². The Balaban J connectivity index is 1.87. The summed E-state index contributed by atoms with van der Waals surface area (Å²) in [6.45, 7) is 4.32. The second-order valence-electron chi connectivity index (χ2n) is 5.35. The normalized spacial score (nSPS) is 20.9. The zero-order chi connectivity index (χ0) is 15.4. The summed E-state index contributed by atoms with van der Waals surface area (Å²) in [4.78, 5) is 11.9. The van der Waals surface area contributed by atoms with E-state index in [-0.39, 0.29) is 18.2 Å². The minimum absolute atomic E-state index is 0.0364. The average molecular weight is 298 g/mol. The number of ether oxygens (including phenoxy) is 1. The summed E-state index contributed by atoms with van der Waals surface area (Å²) in [6.07, 6.45) is 1.97. The van der Waals surface area contributed by atoms with Crippen molar-refractivity contribution in [3.8, 4) is 0 Å². The fourth-order valence-corrected chi connectivity index (χ4v) is 2.40. The third-order valence-electron chi connectivity index (χ3n) is 3.67. The highest BCUT2D eigenvalue weighted by atomic mass is 19.2. The first-order valence-corrected chi connectivity index (χ1v) is 7.11. The number of carbonyl (C=O) groups excluding carboxylic acids is 1. The Bertz CT molecular complexity index is 504. The SMILES string of the molecule is C[C@H](NC(=O)N[C@@H](C)[C@@H]1CCCO1)c1ccc(F)c(F)c1. The molecule has 0 spiro atoms. The van der Waals surface area contributed by atoms with Gasteiger partial charge in [0.2, 0.25) is 0 Å². The summed E-state index contributed by atoms with van der Waals surface area (Å²) in [5.74, 6) is -1.82. The highest BCUT2D eigenvalue weighted by molar-refractivity contribution is 5.74. The van der Waals surface area contributed by atoms with E-state index < -0.39 is 17.7 Å². The maximum absolute atomic E-state index is 13.2. The lowest BCUT2D eigenvalue weighted by molar-refractivity contribution is 0.0859. The molecule has 1 fully saturated rings. The quantitative estimate of drug-likeness (QED) is 0.898. The Hall–Kier alpha value is -1.69. The van der Waals surface area contributed by atoms with E-state index >= 15 is 0 Å². The number of carbonyl (C=O) groups is 1. The van der Waals surface area contributed by atoms with E-state index in [2.05, 4.69) is 10.6 Å². The van der Waals surface area contributed by atoms with Crippen LogP contribution in [0.3, 0.4) is 0 Å². The van der Waals surface area contributed by atoms with Crippen molar-refractivity contribution >= 4 is 6.03 Å². The van der Waals surface area contributed by atoms with Crippen molar-refractivity contribution < 1.29 is 18.3 Å². The molecule has 1 aliphatic heterocycles. The van der Waals surface area contributed by atoms with Crippen LogP contribution in [0.4, 0.5) is 13.6 Å². The molecule has 0 aliphatic carbocycles. The number of amides is 2. The monoisotopic (exact) mass is 298 g/mol. The van der Waals surface area contributed by atoms with Gasteiger partial charge in [0.05, 0.1) is 18.2 Å². The van der Waals surface area contributed by atoms with Gasteiger partial charge in [-0.05, 0) is 44.4 Å². The molecule has 6 heteroatoms. The minimum Gasteiger partial charge on any atom is -0.376 e. The van der Waals surface area contributed by atoms with Gasteiger partial charge in [0.25, 0.3) is 0 Å². The molecule has 0 saturated carbocycles. The zero-order valence-electron chi connectivity index (χ0n) is 12.2. The van der Waals surface area contributed by atoms with Crippen LogP contribution in [0.2, 0.25) is 0 Å². The van der Waals surface area contributed by atoms with Crippen LogP contribution in [-0.4, -0.2) is 24.8 Å². The average Bonchev–Trinajstić information content (AvgIpc) is 2.95. The lowest BCUT2D eigenvalue weighted by atomic mass is 10.1. The summed E-state index contributed by atoms with van der Waals surface area (Å²) < 4.78 is 31.6. The summed E-state index contributed by atoms with van der Waals surface area (Å²) in [6, 6.07) is 2.73. The van der Waals surface area contributed by atoms with E-state index in [1.54, 1.807) is 6.92 Å². The third-order valence-corrected chi connectivity index (χ3v) is 3.67. The molecule has 0 unspecified atom stereocenters. The second kappa shape index (κ2) is 6.85.